The number of hydrogen-bond donors (Lipinski definition) is 4. The van der Waals surface area contributed by atoms with Crippen molar-refractivity contribution in [1.82, 2.24) is 14.8 Å². The smallest absolute Gasteiger partial charge is 0.226 e. The number of carbonyl (C=O) groups is 1. The number of nitrogens with one attached hydrogen (secondary N) is 3. The topological polar surface area (TPSA) is 123 Å². The Labute approximate surface area is 191 Å². The number of nitrogens with zero attached hydrogens (tertiary/aromatic N) is 4. The minimum atomic E-state index is 0.153. The molecule has 0 aliphatic carbocycles. The van der Waals surface area contributed by atoms with E-state index < -0.39 is 0 Å². The maximum atomic E-state index is 13.1. The zero-order valence-electron chi connectivity index (χ0n) is 18.1. The van der Waals surface area contributed by atoms with Gasteiger partial charge < -0.3 is 31.6 Å². The van der Waals surface area contributed by atoms with Crippen LogP contribution in [-0.2, 0) is 17.8 Å². The molecule has 0 radical (unpaired) electrons. The summed E-state index contributed by atoms with van der Waals surface area (Å²) in [6.45, 7) is 3.91. The Bertz CT molecular complexity index is 1090. The summed E-state index contributed by atoms with van der Waals surface area (Å²) in [6.07, 6.45) is 5.59. The monoisotopic (exact) mass is 452 g/mol. The third-order valence-corrected chi connectivity index (χ3v) is 7.69. The molecule has 5 rings (SSSR count). The van der Waals surface area contributed by atoms with Gasteiger partial charge in [-0.25, -0.2) is 9.98 Å². The lowest BCUT2D eigenvalue weighted by Crippen LogP contribution is -2.43. The lowest BCUT2D eigenvalue weighted by molar-refractivity contribution is -0.137. The first-order valence-corrected chi connectivity index (χ1v) is 11.8. The van der Waals surface area contributed by atoms with Crippen LogP contribution in [-0.4, -0.2) is 66.1 Å². The highest BCUT2D eigenvalue weighted by Crippen LogP contribution is 2.39. The van der Waals surface area contributed by atoms with Gasteiger partial charge in [0, 0.05) is 29.1 Å². The Morgan fingerprint density at radius 1 is 1.38 bits per heavy atom. The van der Waals surface area contributed by atoms with Crippen LogP contribution < -0.4 is 16.4 Å². The highest BCUT2D eigenvalue weighted by molar-refractivity contribution is 7.16. The number of fused-ring (bicyclic) bond motifs is 3. The molecule has 1 fully saturated rings. The molecular formula is C22H28N8OS. The Balaban J connectivity index is 1.35. The fourth-order valence-corrected chi connectivity index (χ4v) is 5.92. The second-order valence-corrected chi connectivity index (χ2v) is 9.71. The molecule has 1 amide bonds. The van der Waals surface area contributed by atoms with E-state index in [1.54, 1.807) is 23.6 Å². The minimum Gasteiger partial charge on any atom is -0.383 e. The Morgan fingerprint density at radius 3 is 2.97 bits per heavy atom. The molecular weight excluding hydrogens is 424 g/mol. The van der Waals surface area contributed by atoms with Crippen molar-refractivity contribution in [2.24, 2.45) is 10.9 Å². The number of likely N-dealkylation sites (tertiary alicyclic amines) is 1. The molecule has 5 N–H and O–H groups in total. The number of pyridine rings is 1. The summed E-state index contributed by atoms with van der Waals surface area (Å²) in [4.78, 5) is 27.5. The molecule has 168 valence electrons. The predicted octanol–water partition coefficient (Wildman–Crippen LogP) is 2.19. The largest absolute Gasteiger partial charge is 0.383 e. The number of aromatic nitrogens is 1. The molecule has 3 aliphatic rings. The van der Waals surface area contributed by atoms with Crippen molar-refractivity contribution in [3.05, 3.63) is 33.8 Å². The third kappa shape index (κ3) is 3.84. The van der Waals surface area contributed by atoms with Gasteiger partial charge in [-0.3, -0.25) is 4.79 Å². The fourth-order valence-electron chi connectivity index (χ4n) is 4.66. The van der Waals surface area contributed by atoms with E-state index in [1.165, 1.54) is 16.7 Å². The third-order valence-electron chi connectivity index (χ3n) is 6.52. The van der Waals surface area contributed by atoms with Crippen LogP contribution in [0.2, 0.25) is 0 Å². The number of aliphatic imine (C=N–C) groups is 1. The van der Waals surface area contributed by atoms with Gasteiger partial charge in [0.25, 0.3) is 0 Å². The van der Waals surface area contributed by atoms with E-state index in [0.29, 0.717) is 30.5 Å². The van der Waals surface area contributed by atoms with E-state index in [-0.39, 0.29) is 5.92 Å². The molecule has 0 unspecified atom stereocenters. The lowest BCUT2D eigenvalue weighted by atomic mass is 9.94. The van der Waals surface area contributed by atoms with Crippen LogP contribution in [0.3, 0.4) is 0 Å². The number of piperidine rings is 1. The summed E-state index contributed by atoms with van der Waals surface area (Å²) >= 11 is 1.72. The van der Waals surface area contributed by atoms with E-state index >= 15 is 0 Å². The normalized spacial score (nSPS) is 18.9. The zero-order valence-corrected chi connectivity index (χ0v) is 19.0. The van der Waals surface area contributed by atoms with Crippen molar-refractivity contribution in [1.29, 1.82) is 5.41 Å². The average molecular weight is 453 g/mol. The van der Waals surface area contributed by atoms with Crippen molar-refractivity contribution < 1.29 is 4.79 Å². The summed E-state index contributed by atoms with van der Waals surface area (Å²) in [5.41, 5.74) is 9.50. The number of hydrogen-bond acceptors (Lipinski definition) is 9. The van der Waals surface area contributed by atoms with Gasteiger partial charge in [-0.1, -0.05) is 0 Å². The maximum Gasteiger partial charge on any atom is 0.226 e. The number of nitrogens with two attached hydrogens (primary N) is 1. The molecule has 0 saturated carbocycles. The van der Waals surface area contributed by atoms with Crippen LogP contribution in [0.15, 0.2) is 17.3 Å². The molecule has 0 bridgehead atoms. The van der Waals surface area contributed by atoms with Crippen LogP contribution in [0.4, 0.5) is 16.5 Å². The summed E-state index contributed by atoms with van der Waals surface area (Å²) in [5.74, 6) is 1.59. The molecule has 1 saturated heterocycles. The Morgan fingerprint density at radius 2 is 2.19 bits per heavy atom. The molecule has 3 aliphatic heterocycles. The van der Waals surface area contributed by atoms with Crippen molar-refractivity contribution in [2.75, 3.05) is 49.7 Å². The Kier molecular flexibility index (Phi) is 5.56. The summed E-state index contributed by atoms with van der Waals surface area (Å²) < 4.78 is 0. The number of nitrogen functional groups attached to an aromatic ring is 1. The molecule has 0 spiro atoms. The van der Waals surface area contributed by atoms with Gasteiger partial charge in [-0.05, 0) is 51.0 Å². The van der Waals surface area contributed by atoms with E-state index in [1.807, 2.05) is 4.90 Å². The maximum absolute atomic E-state index is 13.1. The van der Waals surface area contributed by atoms with Crippen molar-refractivity contribution in [2.45, 2.75) is 25.8 Å². The van der Waals surface area contributed by atoms with Crippen LogP contribution in [0.5, 0.6) is 0 Å². The molecule has 2 aromatic rings. The predicted molar refractivity (Wildman–Crippen MR) is 129 cm³/mol. The molecule has 0 aromatic carbocycles. The van der Waals surface area contributed by atoms with E-state index in [0.717, 1.165) is 61.0 Å². The van der Waals surface area contributed by atoms with E-state index in [4.69, 9.17) is 11.1 Å². The first kappa shape index (κ1) is 20.9. The van der Waals surface area contributed by atoms with Crippen molar-refractivity contribution >= 4 is 45.8 Å². The number of amides is 1. The SMILES string of the molecule is CN1CCC(C(=O)N2CCc3c(sc4c3C(Nc3cnc(N)c(C=N)c3)=NCN4)C2)CC1. The fraction of sp³-hybridized carbons (Fsp3) is 0.455. The van der Waals surface area contributed by atoms with Gasteiger partial charge >= 0.3 is 0 Å². The van der Waals surface area contributed by atoms with Gasteiger partial charge in [-0.2, -0.15) is 0 Å². The van der Waals surface area contributed by atoms with Crippen LogP contribution in [0, 0.1) is 11.3 Å². The number of anilines is 3. The lowest BCUT2D eigenvalue weighted by Gasteiger charge is -2.34. The van der Waals surface area contributed by atoms with Gasteiger partial charge in [0.05, 0.1) is 24.0 Å². The first-order valence-electron chi connectivity index (χ1n) is 11.0. The molecule has 0 atom stereocenters. The highest BCUT2D eigenvalue weighted by Gasteiger charge is 2.33. The number of amidine groups is 1. The number of thiophene rings is 1. The molecule has 2 aromatic heterocycles. The first-order chi connectivity index (χ1) is 15.5. The quantitative estimate of drug-likeness (QED) is 0.530. The van der Waals surface area contributed by atoms with Crippen LogP contribution >= 0.6 is 11.3 Å². The molecule has 32 heavy (non-hydrogen) atoms. The molecule has 10 heteroatoms. The number of carbonyl (C=O) groups excluding carboxylic acids is 1. The second kappa shape index (κ2) is 8.51. The summed E-state index contributed by atoms with van der Waals surface area (Å²) in [5, 5.41) is 15.4. The zero-order chi connectivity index (χ0) is 22.2. The minimum absolute atomic E-state index is 0.153. The van der Waals surface area contributed by atoms with Gasteiger partial charge in [0.2, 0.25) is 5.91 Å². The molecule has 5 heterocycles. The Hall–Kier alpha value is -2.98. The summed E-state index contributed by atoms with van der Waals surface area (Å²) in [6, 6.07) is 1.81. The molecule has 9 nitrogen and oxygen atoms in total. The van der Waals surface area contributed by atoms with Crippen LogP contribution in [0.1, 0.15) is 34.4 Å². The summed E-state index contributed by atoms with van der Waals surface area (Å²) in [7, 11) is 2.12. The van der Waals surface area contributed by atoms with Crippen molar-refractivity contribution in [3.8, 4) is 0 Å². The number of rotatable bonds is 3. The van der Waals surface area contributed by atoms with Gasteiger partial charge in [0.15, 0.2) is 0 Å². The van der Waals surface area contributed by atoms with E-state index in [9.17, 15) is 4.79 Å². The van der Waals surface area contributed by atoms with Gasteiger partial charge in [-0.15, -0.1) is 11.3 Å². The van der Waals surface area contributed by atoms with Crippen LogP contribution in [0.25, 0.3) is 0 Å². The standard InChI is InChI=1S/C22H28N8OS/c1-29-5-2-13(3-6-29)22(31)30-7-4-16-17(11-30)32-21-18(16)20(26-12-27-21)28-15-8-14(9-23)19(24)25-10-15/h8-10,13,23,27H,2-7,11-12H2,1H3,(H2,24,25)(H,26,28). The highest BCUT2D eigenvalue weighted by atomic mass is 32.1. The average Bonchev–Trinajstić information content (AvgIpc) is 3.19. The van der Waals surface area contributed by atoms with E-state index in [2.05, 4.69) is 32.6 Å². The second-order valence-electron chi connectivity index (χ2n) is 8.60. The van der Waals surface area contributed by atoms with Crippen molar-refractivity contribution in [3.63, 3.8) is 0 Å². The van der Waals surface area contributed by atoms with Gasteiger partial charge in [0.1, 0.15) is 23.3 Å².